The third-order valence-corrected chi connectivity index (χ3v) is 6.26. The van der Waals surface area contributed by atoms with Crippen molar-refractivity contribution in [3.63, 3.8) is 0 Å². The first kappa shape index (κ1) is 21.0. The molecule has 1 saturated heterocycles. The van der Waals surface area contributed by atoms with E-state index in [9.17, 15) is 22.0 Å². The zero-order chi connectivity index (χ0) is 20.9. The standard InChI is InChI=1S/C19H21F2N3O4S/c20-19(21)28-17-9-2-1-8-16(17)23-18(25)13-22-14-6-5-7-15(12-14)29(26,27)24-10-3-4-11-24/h1-2,5-9,12,19,22H,3-4,10-11,13H2,(H,23,25). The number of ether oxygens (including phenoxy) is 1. The van der Waals surface area contributed by atoms with Gasteiger partial charge in [0.05, 0.1) is 17.1 Å². The molecule has 0 unspecified atom stereocenters. The fourth-order valence-electron chi connectivity index (χ4n) is 2.99. The molecule has 3 rings (SSSR count). The molecule has 1 fully saturated rings. The molecule has 0 aromatic heterocycles. The van der Waals surface area contributed by atoms with Crippen LogP contribution in [0.3, 0.4) is 0 Å². The van der Waals surface area contributed by atoms with Crippen LogP contribution in [-0.2, 0) is 14.8 Å². The lowest BCUT2D eigenvalue weighted by atomic mass is 10.3. The minimum atomic E-state index is -3.56. The lowest BCUT2D eigenvalue weighted by Crippen LogP contribution is -2.28. The van der Waals surface area contributed by atoms with Crippen molar-refractivity contribution in [2.75, 3.05) is 30.3 Å². The van der Waals surface area contributed by atoms with Crippen molar-refractivity contribution >= 4 is 27.3 Å². The normalized spacial score (nSPS) is 14.7. The molecule has 0 radical (unpaired) electrons. The Morgan fingerprint density at radius 2 is 1.83 bits per heavy atom. The molecule has 1 heterocycles. The van der Waals surface area contributed by atoms with E-state index >= 15 is 0 Å². The number of sulfonamides is 1. The first-order valence-electron chi connectivity index (χ1n) is 9.04. The summed E-state index contributed by atoms with van der Waals surface area (Å²) in [4.78, 5) is 12.3. The van der Waals surface area contributed by atoms with Crippen LogP contribution in [0, 0.1) is 0 Å². The zero-order valence-electron chi connectivity index (χ0n) is 15.5. The van der Waals surface area contributed by atoms with Gasteiger partial charge in [-0.15, -0.1) is 0 Å². The molecule has 7 nitrogen and oxygen atoms in total. The van der Waals surface area contributed by atoms with Gasteiger partial charge in [-0.25, -0.2) is 8.42 Å². The summed E-state index contributed by atoms with van der Waals surface area (Å²) in [7, 11) is -3.56. The minimum Gasteiger partial charge on any atom is -0.433 e. The van der Waals surface area contributed by atoms with Crippen molar-refractivity contribution in [1.29, 1.82) is 0 Å². The molecule has 1 aliphatic heterocycles. The van der Waals surface area contributed by atoms with Crippen LogP contribution in [0.5, 0.6) is 5.75 Å². The molecule has 0 atom stereocenters. The van der Waals surface area contributed by atoms with E-state index in [4.69, 9.17) is 0 Å². The Hall–Kier alpha value is -2.72. The largest absolute Gasteiger partial charge is 0.433 e. The van der Waals surface area contributed by atoms with Gasteiger partial charge < -0.3 is 15.4 Å². The van der Waals surface area contributed by atoms with E-state index in [0.717, 1.165) is 12.8 Å². The second-order valence-electron chi connectivity index (χ2n) is 6.42. The van der Waals surface area contributed by atoms with E-state index in [1.54, 1.807) is 18.2 Å². The number of carbonyl (C=O) groups excluding carboxylic acids is 1. The second-order valence-corrected chi connectivity index (χ2v) is 8.35. The van der Waals surface area contributed by atoms with Gasteiger partial charge in [0.2, 0.25) is 15.9 Å². The SMILES string of the molecule is O=C(CNc1cccc(S(=O)(=O)N2CCCC2)c1)Nc1ccccc1OC(F)F. The maximum atomic E-state index is 12.6. The number of anilines is 2. The van der Waals surface area contributed by atoms with Crippen LogP contribution < -0.4 is 15.4 Å². The number of nitrogens with one attached hydrogen (secondary N) is 2. The van der Waals surface area contributed by atoms with Crippen LogP contribution in [0.25, 0.3) is 0 Å². The number of alkyl halides is 2. The summed E-state index contributed by atoms with van der Waals surface area (Å²) in [5.74, 6) is -0.641. The highest BCUT2D eigenvalue weighted by Crippen LogP contribution is 2.26. The van der Waals surface area contributed by atoms with Crippen LogP contribution >= 0.6 is 0 Å². The van der Waals surface area contributed by atoms with Gasteiger partial charge in [-0.1, -0.05) is 18.2 Å². The van der Waals surface area contributed by atoms with Crippen LogP contribution in [0.15, 0.2) is 53.4 Å². The summed E-state index contributed by atoms with van der Waals surface area (Å²) in [5.41, 5.74) is 0.572. The highest BCUT2D eigenvalue weighted by Gasteiger charge is 2.27. The Labute approximate surface area is 167 Å². The van der Waals surface area contributed by atoms with Crippen LogP contribution in [0.4, 0.5) is 20.2 Å². The van der Waals surface area contributed by atoms with E-state index in [1.165, 1.54) is 34.6 Å². The molecule has 1 aliphatic rings. The topological polar surface area (TPSA) is 87.7 Å². The molecule has 2 aromatic carbocycles. The first-order chi connectivity index (χ1) is 13.9. The number of para-hydroxylation sites is 2. The van der Waals surface area contributed by atoms with Crippen molar-refractivity contribution < 1.29 is 26.7 Å². The van der Waals surface area contributed by atoms with E-state index in [0.29, 0.717) is 18.8 Å². The highest BCUT2D eigenvalue weighted by atomic mass is 32.2. The molecule has 29 heavy (non-hydrogen) atoms. The van der Waals surface area contributed by atoms with Crippen LogP contribution in [-0.4, -0.2) is 44.9 Å². The molecular formula is C19H21F2N3O4S. The smallest absolute Gasteiger partial charge is 0.387 e. The number of carbonyl (C=O) groups is 1. The van der Waals surface area contributed by atoms with Gasteiger partial charge in [0.15, 0.2) is 0 Å². The van der Waals surface area contributed by atoms with Gasteiger partial charge in [-0.2, -0.15) is 13.1 Å². The third-order valence-electron chi connectivity index (χ3n) is 4.37. The predicted molar refractivity (Wildman–Crippen MR) is 105 cm³/mol. The summed E-state index contributed by atoms with van der Waals surface area (Å²) >= 11 is 0. The van der Waals surface area contributed by atoms with Gasteiger partial charge in [0.25, 0.3) is 0 Å². The number of rotatable bonds is 8. The summed E-state index contributed by atoms with van der Waals surface area (Å²) in [6.45, 7) is -2.19. The summed E-state index contributed by atoms with van der Waals surface area (Å²) in [6.07, 6.45) is 1.68. The number of hydrogen-bond donors (Lipinski definition) is 2. The van der Waals surface area contributed by atoms with Crippen molar-refractivity contribution in [1.82, 2.24) is 4.31 Å². The molecule has 156 valence electrons. The van der Waals surface area contributed by atoms with Crippen LogP contribution in [0.1, 0.15) is 12.8 Å². The maximum Gasteiger partial charge on any atom is 0.387 e. The van der Waals surface area contributed by atoms with Crippen molar-refractivity contribution in [2.24, 2.45) is 0 Å². The van der Waals surface area contributed by atoms with E-state index in [1.807, 2.05) is 0 Å². The second kappa shape index (κ2) is 9.19. The van der Waals surface area contributed by atoms with E-state index < -0.39 is 22.5 Å². The van der Waals surface area contributed by atoms with Crippen molar-refractivity contribution in [3.05, 3.63) is 48.5 Å². The Bertz CT molecular complexity index is 963. The van der Waals surface area contributed by atoms with Crippen molar-refractivity contribution in [3.8, 4) is 5.75 Å². The molecule has 0 spiro atoms. The average Bonchev–Trinajstić information content (AvgIpc) is 3.23. The Morgan fingerprint density at radius 3 is 2.55 bits per heavy atom. The molecule has 0 saturated carbocycles. The monoisotopic (exact) mass is 425 g/mol. The van der Waals surface area contributed by atoms with E-state index in [2.05, 4.69) is 15.4 Å². The Kier molecular flexibility index (Phi) is 6.65. The number of amides is 1. The molecule has 0 bridgehead atoms. The zero-order valence-corrected chi connectivity index (χ0v) is 16.3. The minimum absolute atomic E-state index is 0.116. The lowest BCUT2D eigenvalue weighted by molar-refractivity contribution is -0.114. The first-order valence-corrected chi connectivity index (χ1v) is 10.5. The fraction of sp³-hybridized carbons (Fsp3) is 0.316. The van der Waals surface area contributed by atoms with Gasteiger partial charge in [0, 0.05) is 18.8 Å². The molecule has 1 amide bonds. The number of halogens is 2. The third kappa shape index (κ3) is 5.42. The molecule has 0 aliphatic carbocycles. The summed E-state index contributed by atoms with van der Waals surface area (Å²) < 4.78 is 56.0. The predicted octanol–water partition coefficient (Wildman–Crippen LogP) is 3.12. The Morgan fingerprint density at radius 1 is 1.10 bits per heavy atom. The Balaban J connectivity index is 1.63. The van der Waals surface area contributed by atoms with Crippen LogP contribution in [0.2, 0.25) is 0 Å². The summed E-state index contributed by atoms with van der Waals surface area (Å²) in [6, 6.07) is 12.1. The molecule has 10 heteroatoms. The number of benzene rings is 2. The average molecular weight is 425 g/mol. The quantitative estimate of drug-likeness (QED) is 0.679. The number of hydrogen-bond acceptors (Lipinski definition) is 5. The van der Waals surface area contributed by atoms with Gasteiger partial charge >= 0.3 is 6.61 Å². The highest BCUT2D eigenvalue weighted by molar-refractivity contribution is 7.89. The van der Waals surface area contributed by atoms with Gasteiger partial charge in [-0.05, 0) is 43.2 Å². The molecule has 2 aromatic rings. The molecular weight excluding hydrogens is 404 g/mol. The molecule has 2 N–H and O–H groups in total. The summed E-state index contributed by atoms with van der Waals surface area (Å²) in [5, 5.41) is 5.33. The fourth-order valence-corrected chi connectivity index (χ4v) is 4.55. The van der Waals surface area contributed by atoms with E-state index in [-0.39, 0.29) is 22.9 Å². The number of nitrogens with zero attached hydrogens (tertiary/aromatic N) is 1. The maximum absolute atomic E-state index is 12.6. The lowest BCUT2D eigenvalue weighted by Gasteiger charge is -2.16. The van der Waals surface area contributed by atoms with Gasteiger partial charge in [0.1, 0.15) is 5.75 Å². The van der Waals surface area contributed by atoms with Crippen molar-refractivity contribution in [2.45, 2.75) is 24.3 Å². The van der Waals surface area contributed by atoms with Gasteiger partial charge in [-0.3, -0.25) is 4.79 Å².